The second-order valence-corrected chi connectivity index (χ2v) is 9.46. The van der Waals surface area contributed by atoms with Crippen LogP contribution < -0.4 is 5.73 Å². The van der Waals surface area contributed by atoms with Crippen molar-refractivity contribution in [2.24, 2.45) is 17.1 Å². The molecule has 0 aromatic carbocycles. The quantitative estimate of drug-likeness (QED) is 0.110. The summed E-state index contributed by atoms with van der Waals surface area (Å²) in [5.41, 5.74) is 5.28. The predicted molar refractivity (Wildman–Crippen MR) is 141 cm³/mol. The van der Waals surface area contributed by atoms with Crippen molar-refractivity contribution in [1.82, 2.24) is 0 Å². The van der Waals surface area contributed by atoms with Gasteiger partial charge < -0.3 is 25.4 Å². The van der Waals surface area contributed by atoms with E-state index in [1.165, 1.54) is 51.4 Å². The number of ether oxygens (including phenoxy) is 2. The topological polar surface area (TPSA) is 102 Å². The Kier molecular flexibility index (Phi) is 23.1. The van der Waals surface area contributed by atoms with Crippen molar-refractivity contribution in [3.05, 3.63) is 12.2 Å². The van der Waals surface area contributed by atoms with Crippen LogP contribution in [0.15, 0.2) is 12.2 Å². The molecular weight excluding hydrogens is 430 g/mol. The summed E-state index contributed by atoms with van der Waals surface area (Å²) in [6, 6.07) is 0. The van der Waals surface area contributed by atoms with Crippen LogP contribution in [0.2, 0.25) is 0 Å². The maximum Gasteiger partial charge on any atom is 0.224 e. The smallest absolute Gasteiger partial charge is 0.224 e. The van der Waals surface area contributed by atoms with Crippen molar-refractivity contribution in [1.29, 1.82) is 0 Å². The fourth-order valence-corrected chi connectivity index (χ4v) is 4.80. The molecule has 6 heteroatoms. The third kappa shape index (κ3) is 15.9. The number of nitrogens with two attached hydrogens (primary N) is 1. The molecule has 0 aliphatic rings. The van der Waals surface area contributed by atoms with Gasteiger partial charge in [0, 0.05) is 13.2 Å². The Morgan fingerprint density at radius 2 is 1.29 bits per heavy atom. The van der Waals surface area contributed by atoms with E-state index in [9.17, 15) is 4.79 Å². The van der Waals surface area contributed by atoms with Crippen molar-refractivity contribution >= 4 is 5.91 Å². The standard InChI is InChI=1S/C28H55NO5/c1-3-5-6-7-8-9-10-11-12-13-14-15-16-17-26(4-2)28(27(29)32,18-22-33-24-20-30)19-23-34-25-21-31/h11-12,26,30-31H,3-10,13-25H2,1-2H3,(H2,29,32)/b12-11-. The van der Waals surface area contributed by atoms with E-state index in [1.807, 2.05) is 0 Å². The SMILES string of the molecule is CCCCCCCC/C=C\CCCCCC(CC)C(CCOCCO)(CCOCCO)C(N)=O. The van der Waals surface area contributed by atoms with E-state index in [-0.39, 0.29) is 38.3 Å². The summed E-state index contributed by atoms with van der Waals surface area (Å²) in [5.74, 6) is -0.124. The average Bonchev–Trinajstić information content (AvgIpc) is 2.83. The van der Waals surface area contributed by atoms with Gasteiger partial charge in [-0.05, 0) is 50.9 Å². The lowest BCUT2D eigenvalue weighted by Crippen LogP contribution is -2.45. The molecule has 4 N–H and O–H groups in total. The molecule has 34 heavy (non-hydrogen) atoms. The molecule has 0 bridgehead atoms. The van der Waals surface area contributed by atoms with Crippen LogP contribution in [0.1, 0.15) is 110 Å². The van der Waals surface area contributed by atoms with E-state index < -0.39 is 5.41 Å². The molecule has 0 aromatic rings. The number of aliphatic hydroxyl groups is 2. The number of aliphatic hydroxyl groups excluding tert-OH is 2. The van der Waals surface area contributed by atoms with Crippen molar-refractivity contribution in [2.75, 3.05) is 39.6 Å². The molecule has 1 unspecified atom stereocenters. The van der Waals surface area contributed by atoms with E-state index in [0.717, 1.165) is 32.1 Å². The van der Waals surface area contributed by atoms with Crippen LogP contribution in [-0.4, -0.2) is 55.8 Å². The molecule has 1 atom stereocenters. The third-order valence-corrected chi connectivity index (χ3v) is 6.94. The zero-order valence-electron chi connectivity index (χ0n) is 22.3. The summed E-state index contributed by atoms with van der Waals surface area (Å²) in [6.45, 7) is 5.62. The molecule has 0 radical (unpaired) electrons. The normalized spacial score (nSPS) is 13.1. The van der Waals surface area contributed by atoms with Gasteiger partial charge in [-0.25, -0.2) is 0 Å². The van der Waals surface area contributed by atoms with Gasteiger partial charge in [0.25, 0.3) is 0 Å². The number of carbonyl (C=O) groups is 1. The Labute approximate surface area is 209 Å². The molecule has 0 spiro atoms. The van der Waals surface area contributed by atoms with Crippen LogP contribution >= 0.6 is 0 Å². The van der Waals surface area contributed by atoms with Crippen molar-refractivity contribution in [3.8, 4) is 0 Å². The van der Waals surface area contributed by atoms with Gasteiger partial charge in [-0.3, -0.25) is 4.79 Å². The van der Waals surface area contributed by atoms with Crippen LogP contribution in [0, 0.1) is 11.3 Å². The first-order chi connectivity index (χ1) is 16.6. The maximum atomic E-state index is 12.7. The van der Waals surface area contributed by atoms with E-state index in [2.05, 4.69) is 26.0 Å². The third-order valence-electron chi connectivity index (χ3n) is 6.94. The van der Waals surface area contributed by atoms with Crippen molar-refractivity contribution in [3.63, 3.8) is 0 Å². The zero-order chi connectivity index (χ0) is 25.3. The van der Waals surface area contributed by atoms with Gasteiger partial charge in [-0.15, -0.1) is 0 Å². The summed E-state index contributed by atoms with van der Waals surface area (Å²) in [6.07, 6.45) is 21.4. The second-order valence-electron chi connectivity index (χ2n) is 9.46. The highest BCUT2D eigenvalue weighted by Crippen LogP contribution is 2.41. The predicted octanol–water partition coefficient (Wildman–Crippen LogP) is 5.54. The Bertz CT molecular complexity index is 471. The summed E-state index contributed by atoms with van der Waals surface area (Å²) in [7, 11) is 0. The van der Waals surface area contributed by atoms with Gasteiger partial charge >= 0.3 is 0 Å². The van der Waals surface area contributed by atoms with E-state index >= 15 is 0 Å². The number of hydrogen-bond acceptors (Lipinski definition) is 5. The van der Waals surface area contributed by atoms with Crippen LogP contribution in [0.3, 0.4) is 0 Å². The average molecular weight is 486 g/mol. The highest BCUT2D eigenvalue weighted by atomic mass is 16.5. The molecule has 0 saturated heterocycles. The van der Waals surface area contributed by atoms with E-state index in [1.54, 1.807) is 0 Å². The van der Waals surface area contributed by atoms with Crippen LogP contribution in [0.4, 0.5) is 0 Å². The van der Waals surface area contributed by atoms with Gasteiger partial charge in [-0.1, -0.05) is 77.4 Å². The van der Waals surface area contributed by atoms with Crippen molar-refractivity contribution < 1.29 is 24.5 Å². The van der Waals surface area contributed by atoms with Gasteiger partial charge in [0.05, 0.1) is 31.8 Å². The molecule has 0 fully saturated rings. The van der Waals surface area contributed by atoms with Gasteiger partial charge in [0.2, 0.25) is 5.91 Å². The minimum Gasteiger partial charge on any atom is -0.394 e. The fraction of sp³-hybridized carbons (Fsp3) is 0.893. The largest absolute Gasteiger partial charge is 0.394 e. The molecular formula is C28H55NO5. The Morgan fingerprint density at radius 3 is 1.76 bits per heavy atom. The number of primary amides is 1. The maximum absolute atomic E-state index is 12.7. The first-order valence-electron chi connectivity index (χ1n) is 13.9. The van der Waals surface area contributed by atoms with Crippen LogP contribution in [0.25, 0.3) is 0 Å². The highest BCUT2D eigenvalue weighted by Gasteiger charge is 2.42. The van der Waals surface area contributed by atoms with Gasteiger partial charge in [0.1, 0.15) is 0 Å². The number of carbonyl (C=O) groups excluding carboxylic acids is 1. The number of rotatable bonds is 26. The lowest BCUT2D eigenvalue weighted by Gasteiger charge is -2.38. The number of allylic oxidation sites excluding steroid dienone is 2. The summed E-state index contributed by atoms with van der Waals surface area (Å²) >= 11 is 0. The molecule has 0 aliphatic carbocycles. The summed E-state index contributed by atoms with van der Waals surface area (Å²) < 4.78 is 11.0. The highest BCUT2D eigenvalue weighted by molar-refractivity contribution is 5.81. The van der Waals surface area contributed by atoms with Crippen LogP contribution in [0.5, 0.6) is 0 Å². The molecule has 0 heterocycles. The Hall–Kier alpha value is -0.950. The molecule has 0 aromatic heterocycles. The summed E-state index contributed by atoms with van der Waals surface area (Å²) in [4.78, 5) is 12.7. The minimum atomic E-state index is -0.684. The Balaban J connectivity index is 4.49. The summed E-state index contributed by atoms with van der Waals surface area (Å²) in [5, 5.41) is 18.0. The number of amides is 1. The molecule has 0 rings (SSSR count). The molecule has 1 amide bonds. The Morgan fingerprint density at radius 1 is 0.794 bits per heavy atom. The molecule has 202 valence electrons. The van der Waals surface area contributed by atoms with E-state index in [4.69, 9.17) is 25.4 Å². The molecule has 0 saturated carbocycles. The minimum absolute atomic E-state index is 0.0339. The fourth-order valence-electron chi connectivity index (χ4n) is 4.80. The monoisotopic (exact) mass is 485 g/mol. The second kappa shape index (κ2) is 23.8. The lowest BCUT2D eigenvalue weighted by molar-refractivity contribution is -0.135. The first-order valence-corrected chi connectivity index (χ1v) is 13.9. The van der Waals surface area contributed by atoms with Gasteiger partial charge in [-0.2, -0.15) is 0 Å². The zero-order valence-corrected chi connectivity index (χ0v) is 22.3. The molecule has 0 aliphatic heterocycles. The van der Waals surface area contributed by atoms with Gasteiger partial charge in [0.15, 0.2) is 0 Å². The number of hydrogen-bond donors (Lipinski definition) is 3. The van der Waals surface area contributed by atoms with Crippen LogP contribution in [-0.2, 0) is 14.3 Å². The lowest BCUT2D eigenvalue weighted by atomic mass is 9.67. The number of unbranched alkanes of at least 4 members (excludes halogenated alkanes) is 9. The molecule has 6 nitrogen and oxygen atoms in total. The van der Waals surface area contributed by atoms with Crippen molar-refractivity contribution in [2.45, 2.75) is 110 Å². The first kappa shape index (κ1) is 33.0. The van der Waals surface area contributed by atoms with E-state index in [0.29, 0.717) is 26.1 Å².